The van der Waals surface area contributed by atoms with Gasteiger partial charge in [-0.3, -0.25) is 13.8 Å². The number of amides is 1. The van der Waals surface area contributed by atoms with E-state index in [-0.39, 0.29) is 19.6 Å². The van der Waals surface area contributed by atoms with E-state index in [1.165, 1.54) is 44.9 Å². The Kier molecular flexibility index (Phi) is 34.2. The number of aliphatic hydroxyl groups excluding tert-OH is 2. The zero-order chi connectivity index (χ0) is 37.0. The number of rotatable bonds is 35. The van der Waals surface area contributed by atoms with E-state index < -0.39 is 38.6 Å². The number of allylic oxidation sites excluding steroid dienone is 9. The number of carbonyl (C=O) groups excluding carboxylic acids is 1. The van der Waals surface area contributed by atoms with E-state index in [1.807, 2.05) is 6.08 Å². The normalized spacial score (nSPS) is 15.6. The number of aliphatic hydroxyl groups is 2. The minimum Gasteiger partial charge on any atom is -0.393 e. The summed E-state index contributed by atoms with van der Waals surface area (Å²) in [4.78, 5) is 22.7. The number of phosphoric acid groups is 1. The van der Waals surface area contributed by atoms with Crippen molar-refractivity contribution >= 4 is 13.7 Å². The molecule has 0 aromatic rings. The summed E-state index contributed by atoms with van der Waals surface area (Å²) < 4.78 is 22.0. The lowest BCUT2D eigenvalue weighted by Crippen LogP contribution is -2.46. The van der Waals surface area contributed by atoms with Crippen LogP contribution in [0.15, 0.2) is 60.8 Å². The van der Waals surface area contributed by atoms with Crippen molar-refractivity contribution in [2.24, 2.45) is 5.73 Å². The quantitative estimate of drug-likeness (QED) is 0.0247. The molecular formula is C40H73N2O7P. The molecule has 6 N–H and O–H groups in total. The molecule has 4 unspecified atom stereocenters. The lowest BCUT2D eigenvalue weighted by Gasteiger charge is -2.24. The third kappa shape index (κ3) is 33.3. The fourth-order valence-electron chi connectivity index (χ4n) is 5.12. The van der Waals surface area contributed by atoms with Crippen molar-refractivity contribution in [3.8, 4) is 0 Å². The molecule has 9 nitrogen and oxygen atoms in total. The highest BCUT2D eigenvalue weighted by Crippen LogP contribution is 2.43. The van der Waals surface area contributed by atoms with E-state index in [0.29, 0.717) is 12.8 Å². The molecule has 0 aliphatic rings. The Hall–Kier alpha value is -1.84. The maximum Gasteiger partial charge on any atom is 0.472 e. The Morgan fingerprint density at radius 2 is 1.20 bits per heavy atom. The second kappa shape index (κ2) is 35.6. The SMILES string of the molecule is CCCCC/C=C\C/C=C\CCCCCCCC(O)CC(=O)NC(COP(=O)(O)OCCN)C(O)/C=C/CC/C=C/CC/C=C/CCCCC. The van der Waals surface area contributed by atoms with Gasteiger partial charge in [0, 0.05) is 6.54 Å². The average molecular weight is 725 g/mol. The molecule has 0 aliphatic heterocycles. The summed E-state index contributed by atoms with van der Waals surface area (Å²) in [5, 5.41) is 23.9. The largest absolute Gasteiger partial charge is 0.472 e. The molecule has 0 aromatic heterocycles. The first-order valence-electron chi connectivity index (χ1n) is 19.5. The van der Waals surface area contributed by atoms with E-state index in [4.69, 9.17) is 14.8 Å². The molecule has 0 spiro atoms. The molecule has 1 amide bonds. The molecule has 0 rings (SSSR count). The van der Waals surface area contributed by atoms with E-state index in [0.717, 1.165) is 70.6 Å². The molecule has 0 aromatic carbocycles. The van der Waals surface area contributed by atoms with Gasteiger partial charge in [0.15, 0.2) is 0 Å². The van der Waals surface area contributed by atoms with E-state index in [9.17, 15) is 24.5 Å². The predicted molar refractivity (Wildman–Crippen MR) is 209 cm³/mol. The second-order valence-electron chi connectivity index (χ2n) is 12.9. The van der Waals surface area contributed by atoms with Crippen molar-refractivity contribution < 1.29 is 33.5 Å². The Bertz CT molecular complexity index is 983. The molecule has 290 valence electrons. The van der Waals surface area contributed by atoms with Crippen molar-refractivity contribution in [2.45, 2.75) is 167 Å². The second-order valence-corrected chi connectivity index (χ2v) is 14.4. The van der Waals surface area contributed by atoms with Crippen LogP contribution in [0.5, 0.6) is 0 Å². The number of hydrogen-bond donors (Lipinski definition) is 5. The van der Waals surface area contributed by atoms with Crippen LogP contribution in [0.2, 0.25) is 0 Å². The third-order valence-corrected chi connectivity index (χ3v) is 9.08. The van der Waals surface area contributed by atoms with Crippen molar-refractivity contribution in [1.82, 2.24) is 5.32 Å². The molecule has 0 bridgehead atoms. The molecular weight excluding hydrogens is 651 g/mol. The minimum atomic E-state index is -4.41. The Labute approximate surface area is 305 Å². The molecule has 10 heteroatoms. The average Bonchev–Trinajstić information content (AvgIpc) is 3.09. The van der Waals surface area contributed by atoms with Gasteiger partial charge in [-0.05, 0) is 77.0 Å². The molecule has 4 atom stereocenters. The van der Waals surface area contributed by atoms with E-state index >= 15 is 0 Å². The van der Waals surface area contributed by atoms with Gasteiger partial charge < -0.3 is 26.2 Å². The van der Waals surface area contributed by atoms with Crippen LogP contribution in [0.4, 0.5) is 0 Å². The van der Waals surface area contributed by atoms with E-state index in [1.54, 1.807) is 6.08 Å². The van der Waals surface area contributed by atoms with Crippen molar-refractivity contribution in [3.63, 3.8) is 0 Å². The highest BCUT2D eigenvalue weighted by atomic mass is 31.2. The van der Waals surface area contributed by atoms with Crippen LogP contribution in [0, 0.1) is 0 Å². The first-order valence-corrected chi connectivity index (χ1v) is 21.0. The monoisotopic (exact) mass is 725 g/mol. The molecule has 0 fully saturated rings. The lowest BCUT2D eigenvalue weighted by molar-refractivity contribution is -0.124. The number of hydrogen-bond acceptors (Lipinski definition) is 7. The predicted octanol–water partition coefficient (Wildman–Crippen LogP) is 9.30. The standard InChI is InChI=1S/C40H73N2O7P/c1-3-5-7-9-11-13-15-17-18-20-21-23-25-27-29-31-37(43)35-40(45)42-38(36-49-50(46,47)48-34-33-41)39(44)32-30-28-26-24-22-19-16-14-12-10-8-6-4-2/h11-14,17-18,22,24,30,32,37-39,43-44H,3-10,15-16,19-21,23,25-29,31,33-36,41H2,1-2H3,(H,42,45)(H,46,47)/b13-11-,14-12+,18-17-,24-22+,32-30+. The zero-order valence-corrected chi connectivity index (χ0v) is 32.4. The summed E-state index contributed by atoms with van der Waals surface area (Å²) in [5.41, 5.74) is 5.34. The number of carbonyl (C=O) groups is 1. The van der Waals surface area contributed by atoms with E-state index in [2.05, 4.69) is 67.8 Å². The summed E-state index contributed by atoms with van der Waals surface area (Å²) in [5.74, 6) is -0.473. The highest BCUT2D eigenvalue weighted by molar-refractivity contribution is 7.47. The maximum atomic E-state index is 12.7. The van der Waals surface area contributed by atoms with Gasteiger partial charge in [-0.1, -0.05) is 126 Å². The number of unbranched alkanes of at least 4 members (excludes halogenated alkanes) is 13. The maximum absolute atomic E-state index is 12.7. The van der Waals surface area contributed by atoms with Gasteiger partial charge in [-0.15, -0.1) is 0 Å². The Balaban J connectivity index is 4.51. The number of nitrogens with one attached hydrogen (secondary N) is 1. The molecule has 0 aliphatic carbocycles. The van der Waals surface area contributed by atoms with Crippen molar-refractivity contribution in [2.75, 3.05) is 19.8 Å². The van der Waals surface area contributed by atoms with Crippen LogP contribution in [0.25, 0.3) is 0 Å². The Morgan fingerprint density at radius 3 is 1.78 bits per heavy atom. The zero-order valence-electron chi connectivity index (χ0n) is 31.5. The first-order chi connectivity index (χ1) is 24.3. The highest BCUT2D eigenvalue weighted by Gasteiger charge is 2.27. The van der Waals surface area contributed by atoms with Crippen LogP contribution < -0.4 is 11.1 Å². The van der Waals surface area contributed by atoms with Gasteiger partial charge in [0.2, 0.25) is 5.91 Å². The van der Waals surface area contributed by atoms with Crippen molar-refractivity contribution in [3.05, 3.63) is 60.8 Å². The summed E-state index contributed by atoms with van der Waals surface area (Å²) >= 11 is 0. The smallest absolute Gasteiger partial charge is 0.393 e. The molecule has 0 heterocycles. The minimum absolute atomic E-state index is 0.0379. The first kappa shape index (κ1) is 48.2. The van der Waals surface area contributed by atoms with Crippen LogP contribution in [-0.2, 0) is 18.4 Å². The number of nitrogens with two attached hydrogens (primary N) is 1. The summed E-state index contributed by atoms with van der Waals surface area (Å²) in [7, 11) is -4.41. The van der Waals surface area contributed by atoms with Gasteiger partial charge in [-0.2, -0.15) is 0 Å². The van der Waals surface area contributed by atoms with Gasteiger partial charge in [-0.25, -0.2) is 4.57 Å². The van der Waals surface area contributed by atoms with Crippen LogP contribution in [0.1, 0.15) is 149 Å². The van der Waals surface area contributed by atoms with Gasteiger partial charge in [0.1, 0.15) is 0 Å². The fraction of sp³-hybridized carbons (Fsp3) is 0.725. The van der Waals surface area contributed by atoms with Crippen molar-refractivity contribution in [1.29, 1.82) is 0 Å². The van der Waals surface area contributed by atoms with Gasteiger partial charge in [0.25, 0.3) is 0 Å². The van der Waals surface area contributed by atoms with Crippen LogP contribution in [0.3, 0.4) is 0 Å². The third-order valence-electron chi connectivity index (χ3n) is 8.10. The Morgan fingerprint density at radius 1 is 0.700 bits per heavy atom. The summed E-state index contributed by atoms with van der Waals surface area (Å²) in [6.07, 6.45) is 40.2. The topological polar surface area (TPSA) is 151 Å². The van der Waals surface area contributed by atoms with Gasteiger partial charge in [0.05, 0.1) is 37.9 Å². The molecule has 0 saturated carbocycles. The lowest BCUT2D eigenvalue weighted by atomic mass is 10.0. The summed E-state index contributed by atoms with van der Waals surface area (Å²) in [6.45, 7) is 3.84. The molecule has 0 radical (unpaired) electrons. The van der Waals surface area contributed by atoms with Gasteiger partial charge >= 0.3 is 7.82 Å². The van der Waals surface area contributed by atoms with Crippen LogP contribution in [-0.4, -0.2) is 59.0 Å². The van der Waals surface area contributed by atoms with Crippen LogP contribution >= 0.6 is 7.82 Å². The fourth-order valence-corrected chi connectivity index (χ4v) is 5.88. The number of phosphoric ester groups is 1. The molecule has 0 saturated heterocycles. The molecule has 50 heavy (non-hydrogen) atoms. The summed E-state index contributed by atoms with van der Waals surface area (Å²) in [6, 6.07) is -1.01.